The number of nitrogens with zero attached hydrogens (tertiary/aromatic N) is 3. The molecule has 0 spiro atoms. The molecule has 4 amide bonds. The molecule has 16 heteroatoms. The number of ether oxygens (including phenoxy) is 6. The van der Waals surface area contributed by atoms with Crippen LogP contribution in [0.4, 0.5) is 0 Å². The number of methoxy groups -OCH3 is 3. The summed E-state index contributed by atoms with van der Waals surface area (Å²) in [6.45, 7) is 14.9. The van der Waals surface area contributed by atoms with Gasteiger partial charge in [-0.15, -0.1) is 0 Å². The normalized spacial score (nSPS) is 21.3. The van der Waals surface area contributed by atoms with Gasteiger partial charge in [-0.05, 0) is 56.2 Å². The van der Waals surface area contributed by atoms with Gasteiger partial charge in [-0.3, -0.25) is 24.1 Å². The molecule has 1 unspecified atom stereocenters. The molecule has 1 aromatic carbocycles. The van der Waals surface area contributed by atoms with Crippen molar-refractivity contribution in [3.8, 4) is 0 Å². The molecule has 0 aromatic heterocycles. The molecule has 16 nitrogen and oxygen atoms in total. The van der Waals surface area contributed by atoms with E-state index in [9.17, 15) is 24.0 Å². The van der Waals surface area contributed by atoms with E-state index in [4.69, 9.17) is 28.4 Å². The predicted octanol–water partition coefficient (Wildman–Crippen LogP) is 3.34. The molecular formula is C47H79N5O11. The van der Waals surface area contributed by atoms with Crippen LogP contribution in [0, 0.1) is 23.7 Å². The maximum Gasteiger partial charge on any atom is 0.329 e. The molecule has 1 aromatic rings. The van der Waals surface area contributed by atoms with Crippen molar-refractivity contribution in [2.45, 2.75) is 122 Å². The number of rotatable bonds is 28. The first-order valence-corrected chi connectivity index (χ1v) is 22.9. The fraction of sp³-hybridized carbons (Fsp3) is 0.766. The van der Waals surface area contributed by atoms with Gasteiger partial charge in [0.2, 0.25) is 23.6 Å². The lowest BCUT2D eigenvalue weighted by Gasteiger charge is -2.41. The second kappa shape index (κ2) is 27.6. The highest BCUT2D eigenvalue weighted by molar-refractivity contribution is 5.90. The molecule has 63 heavy (non-hydrogen) atoms. The lowest BCUT2D eigenvalue weighted by molar-refractivity contribution is -0.151. The predicted molar refractivity (Wildman–Crippen MR) is 240 cm³/mol. The minimum Gasteiger partial charge on any atom is -0.462 e. The molecule has 0 aliphatic carbocycles. The monoisotopic (exact) mass is 890 g/mol. The number of carbonyl (C=O) groups is 5. The fourth-order valence-corrected chi connectivity index (χ4v) is 8.99. The quantitative estimate of drug-likeness (QED) is 0.0930. The van der Waals surface area contributed by atoms with Crippen molar-refractivity contribution in [2.24, 2.45) is 23.7 Å². The average Bonchev–Trinajstić information content (AvgIpc) is 3.89. The van der Waals surface area contributed by atoms with E-state index in [0.717, 1.165) is 24.9 Å². The van der Waals surface area contributed by atoms with Crippen LogP contribution in [0.3, 0.4) is 0 Å². The summed E-state index contributed by atoms with van der Waals surface area (Å²) in [5.74, 6) is -2.33. The third kappa shape index (κ3) is 15.8. The van der Waals surface area contributed by atoms with E-state index >= 15 is 0 Å². The molecule has 2 saturated heterocycles. The molecule has 2 N–H and O–H groups in total. The van der Waals surface area contributed by atoms with Crippen molar-refractivity contribution in [3.05, 3.63) is 35.9 Å². The Bertz CT molecular complexity index is 1540. The lowest BCUT2D eigenvalue weighted by atomic mass is 9.89. The first-order valence-electron chi connectivity index (χ1n) is 22.9. The summed E-state index contributed by atoms with van der Waals surface area (Å²) in [6.07, 6.45) is 1.84. The second-order valence-corrected chi connectivity index (χ2v) is 17.6. The maximum atomic E-state index is 14.4. The fourth-order valence-electron chi connectivity index (χ4n) is 8.99. The van der Waals surface area contributed by atoms with Gasteiger partial charge in [0.15, 0.2) is 0 Å². The van der Waals surface area contributed by atoms with Crippen molar-refractivity contribution in [3.63, 3.8) is 0 Å². The average molecular weight is 890 g/mol. The standard InChI is InChI=1S/C47H79N5O11/c1-12-32(4)41(51(8)46(56)40(31(2)3)49-45(55)42-33(5)20-22-50(42)7)38(59-10)30-39(53)52-21-16-19-37(52)43(60-11)34(6)44(54)48-36(29-35-17-14-13-15-18-35)47(57)63-28-27-62-26-25-61-24-23-58-9/h13-15,17-18,31-34,36-38,40-43H,12,16,19-30H2,1-11H3,(H,48,54)(H,49,55)/t32-,33?,34+,36-,37-,38+,40-,41-,42-,43+/m0/s1. The highest BCUT2D eigenvalue weighted by Crippen LogP contribution is 2.30. The molecule has 0 bridgehead atoms. The van der Waals surface area contributed by atoms with Crippen LogP contribution in [0.15, 0.2) is 30.3 Å². The van der Waals surface area contributed by atoms with E-state index in [-0.39, 0.29) is 67.6 Å². The number of likely N-dealkylation sites (tertiary alicyclic amines) is 2. The van der Waals surface area contributed by atoms with Crippen LogP contribution in [0.25, 0.3) is 0 Å². The number of hydrogen-bond donors (Lipinski definition) is 2. The van der Waals surface area contributed by atoms with E-state index in [2.05, 4.69) is 17.6 Å². The largest absolute Gasteiger partial charge is 0.462 e. The van der Waals surface area contributed by atoms with Crippen LogP contribution in [0.5, 0.6) is 0 Å². The van der Waals surface area contributed by atoms with Gasteiger partial charge >= 0.3 is 5.97 Å². The van der Waals surface area contributed by atoms with Gasteiger partial charge < -0.3 is 48.9 Å². The number of amides is 4. The van der Waals surface area contributed by atoms with Gasteiger partial charge in [0.1, 0.15) is 18.7 Å². The summed E-state index contributed by atoms with van der Waals surface area (Å²) in [4.78, 5) is 75.2. The highest BCUT2D eigenvalue weighted by Gasteiger charge is 2.44. The number of likely N-dealkylation sites (N-methyl/N-ethyl adjacent to an activating group) is 2. The minimum atomic E-state index is -0.977. The first-order chi connectivity index (χ1) is 30.1. The summed E-state index contributed by atoms with van der Waals surface area (Å²) in [5.41, 5.74) is 0.847. The molecule has 0 radical (unpaired) electrons. The van der Waals surface area contributed by atoms with Crippen molar-refractivity contribution < 1.29 is 52.4 Å². The van der Waals surface area contributed by atoms with Gasteiger partial charge in [-0.1, -0.05) is 78.3 Å². The Morgan fingerprint density at radius 2 is 1.51 bits per heavy atom. The minimum absolute atomic E-state index is 0.00418. The Hall–Kier alpha value is -3.67. The third-order valence-electron chi connectivity index (χ3n) is 12.9. The van der Waals surface area contributed by atoms with E-state index in [1.54, 1.807) is 38.0 Å². The van der Waals surface area contributed by atoms with Gasteiger partial charge in [0.25, 0.3) is 0 Å². The van der Waals surface area contributed by atoms with Gasteiger partial charge in [0.05, 0.1) is 75.7 Å². The van der Waals surface area contributed by atoms with Crippen LogP contribution in [-0.2, 0) is 58.8 Å². The van der Waals surface area contributed by atoms with Crippen LogP contribution >= 0.6 is 0 Å². The summed E-state index contributed by atoms with van der Waals surface area (Å²) in [7, 11) is 8.36. The molecule has 2 heterocycles. The zero-order chi connectivity index (χ0) is 46.6. The van der Waals surface area contributed by atoms with Crippen molar-refractivity contribution >= 4 is 29.6 Å². The smallest absolute Gasteiger partial charge is 0.329 e. The van der Waals surface area contributed by atoms with Crippen molar-refractivity contribution in [2.75, 3.05) is 88.2 Å². The van der Waals surface area contributed by atoms with Gasteiger partial charge in [-0.25, -0.2) is 4.79 Å². The topological polar surface area (TPSA) is 175 Å². The number of nitrogens with one attached hydrogen (secondary N) is 2. The van der Waals surface area contributed by atoms with Crippen molar-refractivity contribution in [1.82, 2.24) is 25.3 Å². The second-order valence-electron chi connectivity index (χ2n) is 17.6. The Balaban J connectivity index is 1.72. The summed E-state index contributed by atoms with van der Waals surface area (Å²) in [6, 6.07) is 6.44. The Morgan fingerprint density at radius 1 is 0.857 bits per heavy atom. The Kier molecular flexibility index (Phi) is 23.5. The molecule has 0 saturated carbocycles. The van der Waals surface area contributed by atoms with Crippen LogP contribution in [-0.4, -0.2) is 175 Å². The van der Waals surface area contributed by atoms with E-state index in [1.165, 1.54) is 7.11 Å². The third-order valence-corrected chi connectivity index (χ3v) is 12.9. The number of hydrogen-bond acceptors (Lipinski definition) is 12. The maximum absolute atomic E-state index is 14.4. The molecule has 10 atom stereocenters. The number of benzene rings is 1. The van der Waals surface area contributed by atoms with E-state index < -0.39 is 54.2 Å². The Labute approximate surface area is 376 Å². The van der Waals surface area contributed by atoms with Crippen LogP contribution in [0.1, 0.15) is 79.2 Å². The van der Waals surface area contributed by atoms with Gasteiger partial charge in [-0.2, -0.15) is 0 Å². The molecule has 2 aliphatic rings. The SMILES string of the molecule is CC[C@H](C)[C@@H]([C@@H](CC(=O)N1CCC[C@H]1[C@H](OC)[C@@H](C)C(=O)N[C@@H](Cc1ccccc1)C(=O)OCCOCCOCCOC)OC)N(C)C(=O)[C@@H](NC(=O)[C@@H]1C(C)CCN1C)C(C)C. The summed E-state index contributed by atoms with van der Waals surface area (Å²) < 4.78 is 33.5. The van der Waals surface area contributed by atoms with E-state index in [1.807, 2.05) is 70.0 Å². The zero-order valence-corrected chi connectivity index (χ0v) is 40.0. The molecule has 2 fully saturated rings. The summed E-state index contributed by atoms with van der Waals surface area (Å²) in [5, 5.41) is 6.00. The summed E-state index contributed by atoms with van der Waals surface area (Å²) >= 11 is 0. The highest BCUT2D eigenvalue weighted by atomic mass is 16.6. The van der Waals surface area contributed by atoms with E-state index in [0.29, 0.717) is 45.8 Å². The first kappa shape index (κ1) is 53.7. The van der Waals surface area contributed by atoms with Crippen LogP contribution in [0.2, 0.25) is 0 Å². The Morgan fingerprint density at radius 3 is 2.08 bits per heavy atom. The molecular weight excluding hydrogens is 811 g/mol. The van der Waals surface area contributed by atoms with Crippen molar-refractivity contribution in [1.29, 1.82) is 0 Å². The molecule has 2 aliphatic heterocycles. The van der Waals surface area contributed by atoms with Crippen LogP contribution < -0.4 is 10.6 Å². The lowest BCUT2D eigenvalue weighted by Crippen LogP contribution is -2.59. The number of esters is 1. The molecule has 358 valence electrons. The zero-order valence-electron chi connectivity index (χ0n) is 40.0. The molecule has 3 rings (SSSR count). The van der Waals surface area contributed by atoms with Gasteiger partial charge in [0, 0.05) is 41.3 Å². The number of carbonyl (C=O) groups excluding carboxylic acids is 5.